The summed E-state index contributed by atoms with van der Waals surface area (Å²) in [6.45, 7) is 3.50. The van der Waals surface area contributed by atoms with Crippen molar-refractivity contribution in [2.45, 2.75) is 26.1 Å². The van der Waals surface area contributed by atoms with Crippen LogP contribution >= 0.6 is 0 Å². The molecule has 0 amide bonds. The molecule has 176 valence electrons. The normalized spacial score (nSPS) is 12.4. The van der Waals surface area contributed by atoms with Crippen LogP contribution in [0.25, 0.3) is 16.9 Å². The topological polar surface area (TPSA) is 64.9 Å². The fraction of sp³-hybridized carbons (Fsp3) is 0.208. The third-order valence-electron chi connectivity index (χ3n) is 5.29. The van der Waals surface area contributed by atoms with Gasteiger partial charge >= 0.3 is 6.18 Å². The number of benzene rings is 2. The molecule has 0 fully saturated rings. The predicted octanol–water partition coefficient (Wildman–Crippen LogP) is 5.98. The number of hydrogen-bond acceptors (Lipinski definition) is 5. The highest BCUT2D eigenvalue weighted by Crippen LogP contribution is 2.37. The minimum Gasteiger partial charge on any atom is -0.495 e. The zero-order valence-corrected chi connectivity index (χ0v) is 18.6. The van der Waals surface area contributed by atoms with Crippen molar-refractivity contribution in [2.24, 2.45) is 0 Å². The fourth-order valence-electron chi connectivity index (χ4n) is 3.50. The molecule has 4 aromatic rings. The SMILES string of the molecule is COc1cc(-c2cc(C(F)(F)F)c(N[C@@H](C)c3ccc(F)cc3)nn2)ccc1-n1cnc(C)c1. The molecule has 2 aromatic heterocycles. The summed E-state index contributed by atoms with van der Waals surface area (Å²) in [6, 6.07) is 10.8. The molecule has 2 heterocycles. The molecular weight excluding hydrogens is 450 g/mol. The first-order chi connectivity index (χ1) is 16.2. The van der Waals surface area contributed by atoms with Gasteiger partial charge < -0.3 is 14.6 Å². The molecule has 0 unspecified atom stereocenters. The van der Waals surface area contributed by atoms with Crippen molar-refractivity contribution in [3.05, 3.63) is 83.7 Å². The van der Waals surface area contributed by atoms with Crippen LogP contribution in [-0.2, 0) is 6.18 Å². The molecule has 0 aliphatic heterocycles. The second-order valence-corrected chi connectivity index (χ2v) is 7.72. The number of aryl methyl sites for hydroxylation is 1. The summed E-state index contributed by atoms with van der Waals surface area (Å²) < 4.78 is 62.0. The van der Waals surface area contributed by atoms with Crippen molar-refractivity contribution in [1.82, 2.24) is 19.7 Å². The van der Waals surface area contributed by atoms with Gasteiger partial charge in [0.05, 0.1) is 36.6 Å². The second-order valence-electron chi connectivity index (χ2n) is 7.72. The van der Waals surface area contributed by atoms with E-state index >= 15 is 0 Å². The van der Waals surface area contributed by atoms with E-state index in [1.165, 1.54) is 31.4 Å². The molecule has 10 heteroatoms. The van der Waals surface area contributed by atoms with Crippen molar-refractivity contribution in [3.63, 3.8) is 0 Å². The van der Waals surface area contributed by atoms with E-state index in [4.69, 9.17) is 4.74 Å². The van der Waals surface area contributed by atoms with Gasteiger partial charge in [-0.05, 0) is 49.7 Å². The van der Waals surface area contributed by atoms with Crippen LogP contribution in [0.4, 0.5) is 23.4 Å². The molecule has 0 radical (unpaired) electrons. The highest BCUT2D eigenvalue weighted by atomic mass is 19.4. The van der Waals surface area contributed by atoms with E-state index in [2.05, 4.69) is 20.5 Å². The van der Waals surface area contributed by atoms with Gasteiger partial charge in [-0.15, -0.1) is 10.2 Å². The van der Waals surface area contributed by atoms with E-state index in [-0.39, 0.29) is 5.69 Å². The molecule has 2 aromatic carbocycles. The number of nitrogens with zero attached hydrogens (tertiary/aromatic N) is 4. The highest BCUT2D eigenvalue weighted by molar-refractivity contribution is 5.67. The Morgan fingerprint density at radius 1 is 1.03 bits per heavy atom. The fourth-order valence-corrected chi connectivity index (χ4v) is 3.50. The number of alkyl halides is 3. The minimum atomic E-state index is -4.67. The van der Waals surface area contributed by atoms with Crippen LogP contribution < -0.4 is 10.1 Å². The lowest BCUT2D eigenvalue weighted by atomic mass is 10.1. The monoisotopic (exact) mass is 471 g/mol. The van der Waals surface area contributed by atoms with E-state index in [9.17, 15) is 17.6 Å². The first-order valence-electron chi connectivity index (χ1n) is 10.3. The molecule has 0 aliphatic carbocycles. The average Bonchev–Trinajstić information content (AvgIpc) is 3.24. The standard InChI is InChI=1S/C24H21F4N5O/c1-14-12-33(13-29-14)21-9-6-17(10-22(21)34-3)20-11-19(24(26,27)28)23(32-31-20)30-15(2)16-4-7-18(25)8-5-16/h4-13,15H,1-3H3,(H,30,32)/t15-/m0/s1. The molecule has 0 aliphatic rings. The van der Waals surface area contributed by atoms with Gasteiger partial charge in [0.2, 0.25) is 0 Å². The van der Waals surface area contributed by atoms with Crippen LogP contribution in [0.5, 0.6) is 5.75 Å². The summed E-state index contributed by atoms with van der Waals surface area (Å²) in [4.78, 5) is 4.18. The van der Waals surface area contributed by atoms with Crippen LogP contribution in [0.2, 0.25) is 0 Å². The van der Waals surface area contributed by atoms with Crippen molar-refractivity contribution in [1.29, 1.82) is 0 Å². The zero-order chi connectivity index (χ0) is 24.5. The third-order valence-corrected chi connectivity index (χ3v) is 5.29. The molecule has 1 atom stereocenters. The van der Waals surface area contributed by atoms with Gasteiger partial charge in [-0.2, -0.15) is 13.2 Å². The van der Waals surface area contributed by atoms with Crippen LogP contribution in [-0.4, -0.2) is 26.9 Å². The van der Waals surface area contributed by atoms with Gasteiger partial charge in [0.25, 0.3) is 0 Å². The molecule has 0 saturated carbocycles. The van der Waals surface area contributed by atoms with Crippen molar-refractivity contribution in [3.8, 4) is 22.7 Å². The summed E-state index contributed by atoms with van der Waals surface area (Å²) in [5, 5.41) is 10.6. The number of nitrogens with one attached hydrogen (secondary N) is 1. The largest absolute Gasteiger partial charge is 0.495 e. The quantitative estimate of drug-likeness (QED) is 0.351. The number of methoxy groups -OCH3 is 1. The van der Waals surface area contributed by atoms with Crippen LogP contribution in [0, 0.1) is 12.7 Å². The van der Waals surface area contributed by atoms with Gasteiger partial charge in [0.1, 0.15) is 17.1 Å². The molecule has 34 heavy (non-hydrogen) atoms. The Hall–Kier alpha value is -3.95. The lowest BCUT2D eigenvalue weighted by Crippen LogP contribution is -2.16. The van der Waals surface area contributed by atoms with E-state index in [1.807, 2.05) is 13.1 Å². The van der Waals surface area contributed by atoms with Crippen molar-refractivity contribution < 1.29 is 22.3 Å². The summed E-state index contributed by atoms with van der Waals surface area (Å²) in [6.07, 6.45) is -1.24. The Kier molecular flexibility index (Phi) is 6.23. The molecular formula is C24H21F4N5O. The Bertz CT molecular complexity index is 1300. The zero-order valence-electron chi connectivity index (χ0n) is 18.6. The number of hydrogen-bond donors (Lipinski definition) is 1. The lowest BCUT2D eigenvalue weighted by molar-refractivity contribution is -0.137. The maximum Gasteiger partial charge on any atom is 0.420 e. The van der Waals surface area contributed by atoms with Crippen LogP contribution in [0.3, 0.4) is 0 Å². The van der Waals surface area contributed by atoms with E-state index in [0.717, 1.165) is 11.8 Å². The third kappa shape index (κ3) is 4.85. The van der Waals surface area contributed by atoms with Gasteiger partial charge in [0.15, 0.2) is 5.82 Å². The number of anilines is 1. The predicted molar refractivity (Wildman–Crippen MR) is 119 cm³/mol. The number of ether oxygens (including phenoxy) is 1. The molecule has 4 rings (SSSR count). The number of rotatable bonds is 6. The van der Waals surface area contributed by atoms with Crippen LogP contribution in [0.1, 0.15) is 29.8 Å². The molecule has 6 nitrogen and oxygen atoms in total. The van der Waals surface area contributed by atoms with Gasteiger partial charge in [0, 0.05) is 11.8 Å². The maximum absolute atomic E-state index is 13.9. The van der Waals surface area contributed by atoms with Gasteiger partial charge in [-0.25, -0.2) is 9.37 Å². The lowest BCUT2D eigenvalue weighted by Gasteiger charge is -2.19. The highest BCUT2D eigenvalue weighted by Gasteiger charge is 2.36. The number of aromatic nitrogens is 4. The molecule has 0 saturated heterocycles. The molecule has 1 N–H and O–H groups in total. The average molecular weight is 471 g/mol. The Morgan fingerprint density at radius 2 is 1.76 bits per heavy atom. The first kappa shape index (κ1) is 23.2. The van der Waals surface area contributed by atoms with E-state index in [0.29, 0.717) is 22.6 Å². The smallest absolute Gasteiger partial charge is 0.420 e. The minimum absolute atomic E-state index is 0.0407. The second kappa shape index (κ2) is 9.12. The molecule has 0 bridgehead atoms. The Labute approximate surface area is 193 Å². The maximum atomic E-state index is 13.9. The Balaban J connectivity index is 1.69. The van der Waals surface area contributed by atoms with Crippen molar-refractivity contribution in [2.75, 3.05) is 12.4 Å². The number of halogens is 4. The van der Waals surface area contributed by atoms with Crippen LogP contribution in [0.15, 0.2) is 61.1 Å². The first-order valence-corrected chi connectivity index (χ1v) is 10.3. The summed E-state index contributed by atoms with van der Waals surface area (Å²) in [5.41, 5.74) is 1.59. The Morgan fingerprint density at radius 3 is 2.38 bits per heavy atom. The van der Waals surface area contributed by atoms with Gasteiger partial charge in [-0.1, -0.05) is 18.2 Å². The van der Waals surface area contributed by atoms with E-state index in [1.54, 1.807) is 36.0 Å². The van der Waals surface area contributed by atoms with E-state index < -0.39 is 29.4 Å². The summed E-state index contributed by atoms with van der Waals surface area (Å²) >= 11 is 0. The summed E-state index contributed by atoms with van der Waals surface area (Å²) in [7, 11) is 1.48. The summed E-state index contributed by atoms with van der Waals surface area (Å²) in [5.74, 6) is -0.399. The van der Waals surface area contributed by atoms with Gasteiger partial charge in [-0.3, -0.25) is 0 Å². The van der Waals surface area contributed by atoms with Crippen molar-refractivity contribution >= 4 is 5.82 Å². The number of imidazole rings is 1. The molecule has 0 spiro atoms.